The molecule has 0 aromatic carbocycles. The molecule has 1 aliphatic carbocycles. The molecule has 0 aromatic rings. The van der Waals surface area contributed by atoms with E-state index in [-0.39, 0.29) is 11.9 Å². The van der Waals surface area contributed by atoms with Crippen molar-refractivity contribution in [3.8, 4) is 6.07 Å². The molecule has 0 aromatic heterocycles. The number of nitrogens with zero attached hydrogens (tertiary/aromatic N) is 3. The number of halogens is 1. The smallest absolute Gasteiger partial charge is 0.227 e. The lowest BCUT2D eigenvalue weighted by Crippen LogP contribution is -2.32. The highest BCUT2D eigenvalue weighted by Crippen LogP contribution is 2.41. The fourth-order valence-electron chi connectivity index (χ4n) is 1.74. The Morgan fingerprint density at radius 2 is 2.39 bits per heavy atom. The van der Waals surface area contributed by atoms with Crippen LogP contribution >= 0.6 is 0 Å². The predicted molar refractivity (Wildman–Crippen MR) is 67.6 cm³/mol. The van der Waals surface area contributed by atoms with Gasteiger partial charge < -0.3 is 10.6 Å². The molecule has 2 N–H and O–H groups in total. The summed E-state index contributed by atoms with van der Waals surface area (Å²) < 4.78 is 13.7. The Hall–Kier alpha value is -1.90. The second-order valence-electron chi connectivity index (χ2n) is 4.85. The molecule has 1 fully saturated rings. The zero-order valence-corrected chi connectivity index (χ0v) is 10.7. The number of hydrogen-bond acceptors (Lipinski definition) is 3. The number of rotatable bonds is 3. The fourth-order valence-corrected chi connectivity index (χ4v) is 1.74. The zero-order valence-electron chi connectivity index (χ0n) is 10.7. The molecule has 1 atom stereocenters. The van der Waals surface area contributed by atoms with Gasteiger partial charge in [0.15, 0.2) is 5.97 Å². The normalized spacial score (nSPS) is 24.7. The number of allylic oxidation sites excluding steroid dienone is 1. The predicted octanol–water partition coefficient (Wildman–Crippen LogP) is 1.46. The molecule has 1 heterocycles. The van der Waals surface area contributed by atoms with E-state index >= 15 is 0 Å². The standard InChI is InChI=1S/C12H16FN5/c1-4-15-10-8-5-7(8)9(13)16-11(17-10)18-12(2,3)6-14/h7,15H,4-5H2,1-3H3,(H,17,18). The molecule has 0 amide bonds. The Balaban J connectivity index is 2.30. The third-order valence-electron chi connectivity index (χ3n) is 2.76. The number of hydrogen-bond donors (Lipinski definition) is 2. The minimum Gasteiger partial charge on any atom is -0.372 e. The van der Waals surface area contributed by atoms with Crippen molar-refractivity contribution >= 4 is 11.9 Å². The monoisotopic (exact) mass is 249 g/mol. The molecular weight excluding hydrogens is 233 g/mol. The molecule has 1 saturated carbocycles. The van der Waals surface area contributed by atoms with Crippen LogP contribution in [-0.2, 0) is 0 Å². The quantitative estimate of drug-likeness (QED) is 0.795. The molecule has 0 saturated heterocycles. The van der Waals surface area contributed by atoms with Crippen molar-refractivity contribution in [1.82, 2.24) is 10.6 Å². The summed E-state index contributed by atoms with van der Waals surface area (Å²) in [5, 5.41) is 15.0. The average Bonchev–Trinajstić information content (AvgIpc) is 3.07. The van der Waals surface area contributed by atoms with E-state index in [1.807, 2.05) is 13.0 Å². The highest BCUT2D eigenvalue weighted by molar-refractivity contribution is 5.99. The summed E-state index contributed by atoms with van der Waals surface area (Å²) in [5.41, 5.74) is 0.0564. The third kappa shape index (κ3) is 2.50. The summed E-state index contributed by atoms with van der Waals surface area (Å²) >= 11 is 0. The van der Waals surface area contributed by atoms with Crippen molar-refractivity contribution in [2.75, 3.05) is 6.54 Å². The number of nitrogens with one attached hydrogen (secondary N) is 2. The lowest BCUT2D eigenvalue weighted by molar-refractivity contribution is 0.664. The topological polar surface area (TPSA) is 72.6 Å². The number of aliphatic imine (C=N–C) groups is 2. The Labute approximate surface area is 106 Å². The van der Waals surface area contributed by atoms with E-state index in [1.54, 1.807) is 13.8 Å². The van der Waals surface area contributed by atoms with Crippen LogP contribution in [0.3, 0.4) is 0 Å². The van der Waals surface area contributed by atoms with Crippen LogP contribution in [0.5, 0.6) is 0 Å². The maximum Gasteiger partial charge on any atom is 0.227 e. The second-order valence-corrected chi connectivity index (χ2v) is 4.85. The Morgan fingerprint density at radius 3 is 3.00 bits per heavy atom. The van der Waals surface area contributed by atoms with Crippen LogP contribution in [0.25, 0.3) is 0 Å². The van der Waals surface area contributed by atoms with Gasteiger partial charge in [-0.25, -0.2) is 4.99 Å². The summed E-state index contributed by atoms with van der Waals surface area (Å²) in [6.07, 6.45) is 0.694. The van der Waals surface area contributed by atoms with Gasteiger partial charge >= 0.3 is 0 Å². The van der Waals surface area contributed by atoms with E-state index < -0.39 is 11.5 Å². The lowest BCUT2D eigenvalue weighted by Gasteiger charge is -2.14. The van der Waals surface area contributed by atoms with Crippen LogP contribution in [0.4, 0.5) is 4.39 Å². The van der Waals surface area contributed by atoms with Crippen LogP contribution in [-0.4, -0.2) is 24.0 Å². The fraction of sp³-hybridized carbons (Fsp3) is 0.583. The van der Waals surface area contributed by atoms with Gasteiger partial charge in [0.05, 0.1) is 12.0 Å². The van der Waals surface area contributed by atoms with Crippen LogP contribution in [0.15, 0.2) is 21.4 Å². The summed E-state index contributed by atoms with van der Waals surface area (Å²) in [4.78, 5) is 7.95. The van der Waals surface area contributed by atoms with E-state index in [2.05, 4.69) is 20.6 Å². The number of nitriles is 1. The molecule has 0 bridgehead atoms. The van der Waals surface area contributed by atoms with Crippen LogP contribution in [0.2, 0.25) is 0 Å². The van der Waals surface area contributed by atoms with Gasteiger partial charge in [-0.1, -0.05) is 0 Å². The molecule has 5 nitrogen and oxygen atoms in total. The van der Waals surface area contributed by atoms with Gasteiger partial charge in [0.25, 0.3) is 0 Å². The van der Waals surface area contributed by atoms with Crippen molar-refractivity contribution < 1.29 is 4.39 Å². The summed E-state index contributed by atoms with van der Waals surface area (Å²) in [7, 11) is 0. The molecule has 1 unspecified atom stereocenters. The Morgan fingerprint density at radius 1 is 1.67 bits per heavy atom. The minimum absolute atomic E-state index is 0.148. The highest BCUT2D eigenvalue weighted by Gasteiger charge is 2.41. The second kappa shape index (κ2) is 4.41. The van der Waals surface area contributed by atoms with E-state index in [1.165, 1.54) is 0 Å². The maximum absolute atomic E-state index is 13.7. The first-order valence-electron chi connectivity index (χ1n) is 5.96. The molecule has 0 radical (unpaired) electrons. The first kappa shape index (κ1) is 12.6. The van der Waals surface area contributed by atoms with Crippen LogP contribution < -0.4 is 10.6 Å². The van der Waals surface area contributed by atoms with E-state index in [9.17, 15) is 4.39 Å². The van der Waals surface area contributed by atoms with Gasteiger partial charge in [0.2, 0.25) is 5.96 Å². The molecule has 0 spiro atoms. The van der Waals surface area contributed by atoms with Crippen molar-refractivity contribution in [2.24, 2.45) is 15.9 Å². The molecule has 96 valence electrons. The molecule has 6 heteroatoms. The Bertz CT molecular complexity index is 495. The highest BCUT2D eigenvalue weighted by atomic mass is 19.1. The van der Waals surface area contributed by atoms with Crippen LogP contribution in [0, 0.1) is 17.2 Å². The largest absolute Gasteiger partial charge is 0.372 e. The molecule has 1 aliphatic heterocycles. The van der Waals surface area contributed by atoms with E-state index in [0.717, 1.165) is 17.9 Å². The van der Waals surface area contributed by atoms with Gasteiger partial charge in [0.1, 0.15) is 11.4 Å². The van der Waals surface area contributed by atoms with Gasteiger partial charge in [0, 0.05) is 6.54 Å². The van der Waals surface area contributed by atoms with E-state index in [4.69, 9.17) is 5.26 Å². The molecule has 2 aliphatic rings. The van der Waals surface area contributed by atoms with E-state index in [0.29, 0.717) is 6.42 Å². The third-order valence-corrected chi connectivity index (χ3v) is 2.76. The molecular formula is C12H16FN5. The summed E-state index contributed by atoms with van der Waals surface area (Å²) in [6, 6.07) is 2.04. The molecule has 18 heavy (non-hydrogen) atoms. The van der Waals surface area contributed by atoms with Crippen molar-refractivity contribution in [1.29, 1.82) is 5.26 Å². The average molecular weight is 249 g/mol. The van der Waals surface area contributed by atoms with Crippen LogP contribution in [0.1, 0.15) is 27.2 Å². The maximum atomic E-state index is 13.7. The molecule has 2 rings (SSSR count). The van der Waals surface area contributed by atoms with Crippen molar-refractivity contribution in [3.05, 3.63) is 11.4 Å². The van der Waals surface area contributed by atoms with Crippen molar-refractivity contribution in [2.45, 2.75) is 32.7 Å². The minimum atomic E-state index is -0.928. The van der Waals surface area contributed by atoms with Gasteiger partial charge in [-0.3, -0.25) is 0 Å². The Kier molecular flexibility index (Phi) is 3.07. The zero-order chi connectivity index (χ0) is 13.3. The number of fused-ring (bicyclic) bond motifs is 1. The van der Waals surface area contributed by atoms with Gasteiger partial charge in [-0.2, -0.15) is 14.6 Å². The summed E-state index contributed by atoms with van der Waals surface area (Å²) in [6.45, 7) is 6.00. The van der Waals surface area contributed by atoms with Gasteiger partial charge in [-0.05, 0) is 32.8 Å². The van der Waals surface area contributed by atoms with Gasteiger partial charge in [-0.15, -0.1) is 0 Å². The lowest BCUT2D eigenvalue weighted by atomic mass is 10.1. The number of guanidine groups is 1. The van der Waals surface area contributed by atoms with Crippen molar-refractivity contribution in [3.63, 3.8) is 0 Å². The first-order valence-corrected chi connectivity index (χ1v) is 5.96. The first-order chi connectivity index (χ1) is 8.46. The summed E-state index contributed by atoms with van der Waals surface area (Å²) in [5.74, 6) is 0.267. The SMILES string of the molecule is CCNC1=C2CC2C(F)=NC(=NC(C)(C)C#N)N1.